The van der Waals surface area contributed by atoms with Crippen LogP contribution in [0.1, 0.15) is 27.9 Å². The molecule has 1 aliphatic heterocycles. The molecule has 1 aliphatic rings. The Hall–Kier alpha value is -1.33. The monoisotopic (exact) mass is 392 g/mol. The van der Waals surface area contributed by atoms with E-state index >= 15 is 0 Å². The Morgan fingerprint density at radius 2 is 1.87 bits per heavy atom. The molecule has 5 heteroatoms. The number of nitrogens with zero attached hydrogens (tertiary/aromatic N) is 2. The van der Waals surface area contributed by atoms with Gasteiger partial charge in [-0.15, -0.1) is 11.3 Å². The molecule has 2 heterocycles. The molecule has 0 saturated carbocycles. The molecule has 1 saturated heterocycles. The molecule has 3 nitrogen and oxygen atoms in total. The fraction of sp³-hybridized carbons (Fsp3) is 0.389. The van der Waals surface area contributed by atoms with E-state index in [2.05, 4.69) is 52.0 Å². The predicted molar refractivity (Wildman–Crippen MR) is 101 cm³/mol. The third-order valence-corrected chi connectivity index (χ3v) is 6.29. The lowest BCUT2D eigenvalue weighted by Crippen LogP contribution is -2.48. The molecule has 1 aromatic heterocycles. The van der Waals surface area contributed by atoms with E-state index in [1.165, 1.54) is 10.6 Å². The Balaban J connectivity index is 1.63. The minimum Gasteiger partial charge on any atom is -0.368 e. The smallest absolute Gasteiger partial charge is 0.264 e. The van der Waals surface area contributed by atoms with Crippen molar-refractivity contribution in [3.63, 3.8) is 0 Å². The largest absolute Gasteiger partial charge is 0.368 e. The average molecular weight is 393 g/mol. The summed E-state index contributed by atoms with van der Waals surface area (Å²) < 4.78 is 1.08. The molecular formula is C18H21BrN2OS. The van der Waals surface area contributed by atoms with Crippen LogP contribution < -0.4 is 4.90 Å². The summed E-state index contributed by atoms with van der Waals surface area (Å²) in [6, 6.07) is 12.4. The highest BCUT2D eigenvalue weighted by Gasteiger charge is 2.24. The van der Waals surface area contributed by atoms with Gasteiger partial charge in [-0.05, 0) is 40.5 Å². The van der Waals surface area contributed by atoms with E-state index in [0.717, 1.165) is 48.4 Å². The number of rotatable bonds is 4. The number of piperazine rings is 1. The number of aryl methyl sites for hydroxylation is 1. The number of hydrogen-bond acceptors (Lipinski definition) is 3. The molecule has 0 aliphatic carbocycles. The summed E-state index contributed by atoms with van der Waals surface area (Å²) in [5.74, 6) is 0.172. The van der Waals surface area contributed by atoms with E-state index in [4.69, 9.17) is 0 Å². The highest BCUT2D eigenvalue weighted by Crippen LogP contribution is 2.30. The predicted octanol–water partition coefficient (Wildman–Crippen LogP) is 4.43. The van der Waals surface area contributed by atoms with Gasteiger partial charge in [0.25, 0.3) is 5.91 Å². The molecule has 0 spiro atoms. The Morgan fingerprint density at radius 3 is 2.52 bits per heavy atom. The zero-order valence-corrected chi connectivity index (χ0v) is 15.7. The first-order valence-electron chi connectivity index (χ1n) is 8.06. The fourth-order valence-corrected chi connectivity index (χ4v) is 4.81. The summed E-state index contributed by atoms with van der Waals surface area (Å²) in [5.41, 5.74) is 1.24. The molecule has 122 valence electrons. The van der Waals surface area contributed by atoms with Crippen molar-refractivity contribution in [2.75, 3.05) is 31.1 Å². The number of carbonyl (C=O) groups excluding carboxylic acids is 1. The number of thiophene rings is 1. The van der Waals surface area contributed by atoms with Gasteiger partial charge in [-0.3, -0.25) is 4.79 Å². The summed E-state index contributed by atoms with van der Waals surface area (Å²) in [6.07, 6.45) is 2.13. The van der Waals surface area contributed by atoms with Crippen molar-refractivity contribution >= 4 is 38.9 Å². The molecule has 0 atom stereocenters. The summed E-state index contributed by atoms with van der Waals surface area (Å²) >= 11 is 5.21. The molecule has 0 N–H and O–H groups in total. The molecular weight excluding hydrogens is 372 g/mol. The van der Waals surface area contributed by atoms with Gasteiger partial charge in [-0.25, -0.2) is 0 Å². The summed E-state index contributed by atoms with van der Waals surface area (Å²) in [7, 11) is 0. The summed E-state index contributed by atoms with van der Waals surface area (Å²) in [5, 5.41) is 0. The maximum atomic E-state index is 12.7. The van der Waals surface area contributed by atoms with Crippen molar-refractivity contribution in [2.24, 2.45) is 0 Å². The molecule has 1 fully saturated rings. The third kappa shape index (κ3) is 3.78. The third-order valence-electron chi connectivity index (χ3n) is 4.13. The van der Waals surface area contributed by atoms with Crippen molar-refractivity contribution < 1.29 is 4.79 Å². The number of para-hydroxylation sites is 1. The first kappa shape index (κ1) is 16.5. The Bertz CT molecular complexity index is 663. The van der Waals surface area contributed by atoms with Gasteiger partial charge in [0.2, 0.25) is 0 Å². The first-order chi connectivity index (χ1) is 11.2. The van der Waals surface area contributed by atoms with E-state index in [0.29, 0.717) is 0 Å². The van der Waals surface area contributed by atoms with Crippen molar-refractivity contribution in [2.45, 2.75) is 19.8 Å². The minimum atomic E-state index is 0.172. The van der Waals surface area contributed by atoms with Gasteiger partial charge in [-0.2, -0.15) is 0 Å². The molecule has 0 unspecified atom stereocenters. The van der Waals surface area contributed by atoms with Crippen LogP contribution in [0.2, 0.25) is 0 Å². The standard InChI is InChI=1S/C18H21BrN2OS/c1-2-6-16-15(19)13-17(23-16)18(22)21-11-9-20(10-12-21)14-7-4-3-5-8-14/h3-5,7-8,13H,2,6,9-12H2,1H3. The molecule has 3 rings (SSSR count). The van der Waals surface area contributed by atoms with Crippen LogP contribution in [-0.2, 0) is 6.42 Å². The van der Waals surface area contributed by atoms with Crippen molar-refractivity contribution in [1.29, 1.82) is 0 Å². The SMILES string of the molecule is CCCc1sc(C(=O)N2CCN(c3ccccc3)CC2)cc1Br. The van der Waals surface area contributed by atoms with Crippen LogP contribution in [0.5, 0.6) is 0 Å². The highest BCUT2D eigenvalue weighted by atomic mass is 79.9. The topological polar surface area (TPSA) is 23.6 Å². The quantitative estimate of drug-likeness (QED) is 0.768. The van der Waals surface area contributed by atoms with Crippen LogP contribution >= 0.6 is 27.3 Å². The van der Waals surface area contributed by atoms with Crippen LogP contribution in [0.25, 0.3) is 0 Å². The molecule has 23 heavy (non-hydrogen) atoms. The number of benzene rings is 1. The van der Waals surface area contributed by atoms with E-state index in [1.807, 2.05) is 17.0 Å². The van der Waals surface area contributed by atoms with Crippen LogP contribution in [0.15, 0.2) is 40.9 Å². The maximum Gasteiger partial charge on any atom is 0.264 e. The summed E-state index contributed by atoms with van der Waals surface area (Å²) in [6.45, 7) is 5.52. The van der Waals surface area contributed by atoms with E-state index in [9.17, 15) is 4.79 Å². The molecule has 1 amide bonds. The maximum absolute atomic E-state index is 12.7. The molecule has 0 bridgehead atoms. The van der Waals surface area contributed by atoms with Crippen LogP contribution in [0.4, 0.5) is 5.69 Å². The van der Waals surface area contributed by atoms with Gasteiger partial charge in [0, 0.05) is 41.2 Å². The van der Waals surface area contributed by atoms with E-state index < -0.39 is 0 Å². The zero-order chi connectivity index (χ0) is 16.2. The lowest BCUT2D eigenvalue weighted by molar-refractivity contribution is 0.0751. The van der Waals surface area contributed by atoms with Crippen LogP contribution in [0.3, 0.4) is 0 Å². The van der Waals surface area contributed by atoms with Gasteiger partial charge >= 0.3 is 0 Å². The Kier molecular flexibility index (Phi) is 5.38. The average Bonchev–Trinajstić information content (AvgIpc) is 2.96. The highest BCUT2D eigenvalue weighted by molar-refractivity contribution is 9.10. The van der Waals surface area contributed by atoms with Crippen molar-refractivity contribution in [3.05, 3.63) is 50.6 Å². The van der Waals surface area contributed by atoms with Gasteiger partial charge < -0.3 is 9.80 Å². The van der Waals surface area contributed by atoms with Gasteiger partial charge in [0.05, 0.1) is 4.88 Å². The summed E-state index contributed by atoms with van der Waals surface area (Å²) in [4.78, 5) is 19.2. The van der Waals surface area contributed by atoms with Crippen LogP contribution in [-0.4, -0.2) is 37.0 Å². The second-order valence-electron chi connectivity index (χ2n) is 5.75. The number of halogens is 1. The number of carbonyl (C=O) groups is 1. The Morgan fingerprint density at radius 1 is 1.17 bits per heavy atom. The Labute approximate surface area is 150 Å². The minimum absolute atomic E-state index is 0.172. The first-order valence-corrected chi connectivity index (χ1v) is 9.67. The van der Waals surface area contributed by atoms with Gasteiger partial charge in [0.15, 0.2) is 0 Å². The van der Waals surface area contributed by atoms with E-state index in [-0.39, 0.29) is 5.91 Å². The second-order valence-corrected chi connectivity index (χ2v) is 7.74. The molecule has 0 radical (unpaired) electrons. The van der Waals surface area contributed by atoms with Crippen molar-refractivity contribution in [3.8, 4) is 0 Å². The van der Waals surface area contributed by atoms with Gasteiger partial charge in [-0.1, -0.05) is 31.5 Å². The molecule has 2 aromatic rings. The number of hydrogen-bond donors (Lipinski definition) is 0. The van der Waals surface area contributed by atoms with Gasteiger partial charge in [0.1, 0.15) is 0 Å². The number of anilines is 1. The fourth-order valence-electron chi connectivity index (χ4n) is 2.87. The normalized spacial score (nSPS) is 15.0. The van der Waals surface area contributed by atoms with E-state index in [1.54, 1.807) is 11.3 Å². The number of amides is 1. The van der Waals surface area contributed by atoms with Crippen LogP contribution in [0, 0.1) is 0 Å². The molecule has 1 aromatic carbocycles. The zero-order valence-electron chi connectivity index (χ0n) is 13.3. The lowest BCUT2D eigenvalue weighted by atomic mass is 10.2. The van der Waals surface area contributed by atoms with Crippen molar-refractivity contribution in [1.82, 2.24) is 4.90 Å². The lowest BCUT2D eigenvalue weighted by Gasteiger charge is -2.36. The second kappa shape index (κ2) is 7.49.